The summed E-state index contributed by atoms with van der Waals surface area (Å²) < 4.78 is 43.4. The molecule has 1 saturated heterocycles. The molecule has 0 radical (unpaired) electrons. The highest BCUT2D eigenvalue weighted by atomic mass is 16.7. The van der Waals surface area contributed by atoms with E-state index < -0.39 is 67.4 Å². The Morgan fingerprint density at radius 3 is 2.62 bits per heavy atom. The van der Waals surface area contributed by atoms with Crippen LogP contribution >= 0.6 is 0 Å². The number of hydrogen-bond donors (Lipinski definition) is 8. The molecule has 1 fully saturated rings. The molecule has 0 unspecified atom stereocenters. The van der Waals surface area contributed by atoms with Gasteiger partial charge in [-0.05, 0) is 23.8 Å². The lowest BCUT2D eigenvalue weighted by molar-refractivity contribution is -0.291. The first kappa shape index (κ1) is 36.3. The number of nitrogens with zero attached hydrogens (tertiary/aromatic N) is 1. The summed E-state index contributed by atoms with van der Waals surface area (Å²) in [4.78, 5) is 26.4. The molecule has 7 rings (SSSR count). The Kier molecular flexibility index (Phi) is 10.1. The zero-order chi connectivity index (χ0) is 37.6. The van der Waals surface area contributed by atoms with Gasteiger partial charge in [0.05, 0.1) is 37.9 Å². The van der Waals surface area contributed by atoms with Crippen molar-refractivity contribution in [3.63, 3.8) is 0 Å². The molecule has 5 heterocycles. The van der Waals surface area contributed by atoms with E-state index in [2.05, 4.69) is 4.98 Å². The number of methoxy groups -OCH3 is 1. The molecule has 53 heavy (non-hydrogen) atoms. The van der Waals surface area contributed by atoms with E-state index in [1.807, 2.05) is 35.3 Å². The number of carboxylic acid groups (broad SMARTS) is 1. The molecule has 3 aliphatic rings. The largest absolute Gasteiger partial charge is 0.493 e. The van der Waals surface area contributed by atoms with Crippen LogP contribution in [0.2, 0.25) is 0 Å². The topological polar surface area (TPSA) is 273 Å². The average molecular weight is 741 g/mol. The molecule has 2 aromatic heterocycles. The van der Waals surface area contributed by atoms with Crippen LogP contribution in [0.15, 0.2) is 48.9 Å². The lowest BCUT2D eigenvalue weighted by atomic mass is 9.86. The van der Waals surface area contributed by atoms with Crippen molar-refractivity contribution in [2.45, 2.75) is 68.0 Å². The summed E-state index contributed by atoms with van der Waals surface area (Å²) in [6.45, 7) is 0.331. The van der Waals surface area contributed by atoms with Crippen molar-refractivity contribution in [3.8, 4) is 28.7 Å². The molecule has 0 spiro atoms. The summed E-state index contributed by atoms with van der Waals surface area (Å²) in [5, 5.41) is 52.0. The third kappa shape index (κ3) is 6.93. The number of aromatic amines is 1. The third-order valence-electron chi connectivity index (χ3n) is 9.47. The van der Waals surface area contributed by atoms with Crippen molar-refractivity contribution in [2.75, 3.05) is 26.9 Å². The Hall–Kier alpha value is -5.08. The molecule has 18 heteroatoms. The maximum Gasteiger partial charge on any atom is 0.317 e. The van der Waals surface area contributed by atoms with E-state index in [0.717, 1.165) is 16.5 Å². The van der Waals surface area contributed by atoms with E-state index in [0.29, 0.717) is 40.7 Å². The smallest absolute Gasteiger partial charge is 0.317 e. The van der Waals surface area contributed by atoms with Crippen LogP contribution in [0.1, 0.15) is 35.1 Å². The number of aliphatic hydroxyl groups is 4. The molecule has 0 saturated carbocycles. The number of benzene rings is 2. The fourth-order valence-electron chi connectivity index (χ4n) is 7.05. The maximum absolute atomic E-state index is 12.2. The van der Waals surface area contributed by atoms with Crippen LogP contribution < -0.4 is 35.2 Å². The Morgan fingerprint density at radius 1 is 1.09 bits per heavy atom. The number of aliphatic carboxylic acids is 1. The molecule has 284 valence electrons. The zero-order valence-corrected chi connectivity index (χ0v) is 28.4. The molecule has 8 atom stereocenters. The van der Waals surface area contributed by atoms with Gasteiger partial charge in [0.15, 0.2) is 17.6 Å². The second-order valence-electron chi connectivity index (χ2n) is 13.0. The van der Waals surface area contributed by atoms with E-state index in [4.69, 9.17) is 49.7 Å². The number of nitrogens with one attached hydrogen (secondary N) is 1. The highest BCUT2D eigenvalue weighted by molar-refractivity contribution is 5.90. The molecule has 0 aliphatic carbocycles. The number of carbonyl (C=O) groups excluding carboxylic acids is 1. The molecule has 0 bridgehead atoms. The van der Waals surface area contributed by atoms with Crippen LogP contribution in [0.4, 0.5) is 0 Å². The highest BCUT2D eigenvalue weighted by Gasteiger charge is 2.50. The Bertz CT molecular complexity index is 1950. The van der Waals surface area contributed by atoms with Crippen LogP contribution in [0.5, 0.6) is 28.7 Å². The van der Waals surface area contributed by atoms with Crippen LogP contribution in [0.25, 0.3) is 10.9 Å². The number of carboxylic acids is 1. The van der Waals surface area contributed by atoms with E-state index in [9.17, 15) is 30.0 Å². The average Bonchev–Trinajstić information content (AvgIpc) is 3.83. The van der Waals surface area contributed by atoms with Crippen LogP contribution in [0, 0.1) is 0 Å². The van der Waals surface area contributed by atoms with Crippen LogP contribution in [-0.4, -0.2) is 117 Å². The molecule has 4 aromatic rings. The number of H-pyrrole nitrogens is 1. The van der Waals surface area contributed by atoms with Gasteiger partial charge in [-0.2, -0.15) is 0 Å². The van der Waals surface area contributed by atoms with Gasteiger partial charge < -0.3 is 79.7 Å². The minimum atomic E-state index is -1.88. The maximum atomic E-state index is 12.2. The number of carbonyl (C=O) groups is 2. The standard InChI is InChI=1S/C35H40N4O14/c1-47-21-3-2-18-19-14-49-22-9-17(50-35-28(46)26(44)27(45)32(53-35)33(34(36)37)51-24(43)10-23(41)42)8-16(12-39-11-15-4-5-38-20(15)13-39)25(22)29(19)52-30(18)31(21)48-7-6-40/h2-5,8-9,11,13,19,26-29,32-35,38,40,44-46H,6-7,10,12,14,36-37H2,1H3,(H,41,42)/t19-,26-,27-,28+,29+,32-,33-,35+/m0/s1. The van der Waals surface area contributed by atoms with Gasteiger partial charge >= 0.3 is 11.9 Å². The molecular weight excluding hydrogens is 700 g/mol. The van der Waals surface area contributed by atoms with Crippen molar-refractivity contribution in [3.05, 3.63) is 65.6 Å². The van der Waals surface area contributed by atoms with Gasteiger partial charge in [-0.3, -0.25) is 9.59 Å². The fraction of sp³-hybridized carbons (Fsp3) is 0.429. The van der Waals surface area contributed by atoms with Gasteiger partial charge in [0.1, 0.15) is 55.0 Å². The summed E-state index contributed by atoms with van der Waals surface area (Å²) in [6.07, 6.45) is -7.76. The highest BCUT2D eigenvalue weighted by Crippen LogP contribution is 2.57. The van der Waals surface area contributed by atoms with Crippen LogP contribution in [0.3, 0.4) is 0 Å². The van der Waals surface area contributed by atoms with E-state index >= 15 is 0 Å². The number of hydrogen-bond acceptors (Lipinski definition) is 15. The number of esters is 1. The molecule has 2 aromatic carbocycles. The summed E-state index contributed by atoms with van der Waals surface area (Å²) in [6, 6.07) is 8.89. The monoisotopic (exact) mass is 740 g/mol. The molecular formula is C35H40N4O14. The number of rotatable bonds is 13. The first-order valence-corrected chi connectivity index (χ1v) is 16.8. The van der Waals surface area contributed by atoms with Gasteiger partial charge in [0, 0.05) is 47.7 Å². The second kappa shape index (κ2) is 14.7. The minimum Gasteiger partial charge on any atom is -0.493 e. The van der Waals surface area contributed by atoms with E-state index in [1.54, 1.807) is 18.2 Å². The Balaban J connectivity index is 1.23. The van der Waals surface area contributed by atoms with E-state index in [1.165, 1.54) is 7.11 Å². The molecule has 0 amide bonds. The predicted molar refractivity (Wildman–Crippen MR) is 181 cm³/mol. The number of aliphatic hydroxyl groups excluding tert-OH is 4. The SMILES string of the molecule is COc1ccc2c(c1OCCO)O[C@H]1c3c(Cn4cc5cc[nH]c5c4)cc(O[C@@H]4O[C@H]([C@H](OC(=O)CC(=O)O)C(N)N)[C@@H](O)[C@H](O)[C@H]4O)cc3OC[C@@H]21. The Labute approximate surface area is 301 Å². The summed E-state index contributed by atoms with van der Waals surface area (Å²) in [7, 11) is 1.51. The molecule has 3 aliphatic heterocycles. The van der Waals surface area contributed by atoms with Crippen molar-refractivity contribution in [1.29, 1.82) is 0 Å². The Morgan fingerprint density at radius 2 is 1.91 bits per heavy atom. The fourth-order valence-corrected chi connectivity index (χ4v) is 7.05. The van der Waals surface area contributed by atoms with Crippen molar-refractivity contribution in [2.24, 2.45) is 11.5 Å². The number of nitrogens with two attached hydrogens (primary N) is 2. The van der Waals surface area contributed by atoms with Crippen molar-refractivity contribution in [1.82, 2.24) is 9.55 Å². The van der Waals surface area contributed by atoms with Gasteiger partial charge in [0.2, 0.25) is 12.0 Å². The number of ether oxygens (including phenoxy) is 7. The predicted octanol–water partition coefficient (Wildman–Crippen LogP) is -0.176. The van der Waals surface area contributed by atoms with Gasteiger partial charge in [-0.1, -0.05) is 6.07 Å². The third-order valence-corrected chi connectivity index (χ3v) is 9.47. The van der Waals surface area contributed by atoms with Crippen LogP contribution in [-0.2, 0) is 25.6 Å². The van der Waals surface area contributed by atoms with Crippen molar-refractivity contribution >= 4 is 22.8 Å². The minimum absolute atomic E-state index is 0.0235. The number of aromatic nitrogens is 2. The first-order chi connectivity index (χ1) is 25.5. The number of fused-ring (bicyclic) bond motifs is 6. The van der Waals surface area contributed by atoms with Gasteiger partial charge in [-0.25, -0.2) is 0 Å². The molecule has 18 nitrogen and oxygen atoms in total. The summed E-state index contributed by atoms with van der Waals surface area (Å²) in [5.41, 5.74) is 14.8. The second-order valence-corrected chi connectivity index (χ2v) is 13.0. The summed E-state index contributed by atoms with van der Waals surface area (Å²) >= 11 is 0. The lowest BCUT2D eigenvalue weighted by Gasteiger charge is -2.43. The normalized spacial score (nSPS) is 25.1. The van der Waals surface area contributed by atoms with Gasteiger partial charge in [-0.15, -0.1) is 0 Å². The quantitative estimate of drug-likeness (QED) is 0.0502. The zero-order valence-electron chi connectivity index (χ0n) is 28.4. The summed E-state index contributed by atoms with van der Waals surface area (Å²) in [5.74, 6) is -1.12. The molecule has 10 N–H and O–H groups in total. The van der Waals surface area contributed by atoms with Crippen molar-refractivity contribution < 1.29 is 68.3 Å². The lowest BCUT2D eigenvalue weighted by Crippen LogP contribution is -2.66. The van der Waals surface area contributed by atoms with E-state index in [-0.39, 0.29) is 31.5 Å². The van der Waals surface area contributed by atoms with Gasteiger partial charge in [0.25, 0.3) is 0 Å². The first-order valence-electron chi connectivity index (χ1n) is 16.8.